The predicted molar refractivity (Wildman–Crippen MR) is 39.3 cm³/mol. The van der Waals surface area contributed by atoms with Crippen molar-refractivity contribution in [2.45, 2.75) is 13.8 Å². The van der Waals surface area contributed by atoms with E-state index >= 15 is 0 Å². The summed E-state index contributed by atoms with van der Waals surface area (Å²) in [6.07, 6.45) is 2.90. The van der Waals surface area contributed by atoms with Crippen LogP contribution in [0.5, 0.6) is 0 Å². The van der Waals surface area contributed by atoms with Crippen LogP contribution in [0.3, 0.4) is 0 Å². The Bertz CT molecular complexity index is 295. The lowest BCUT2D eigenvalue weighted by molar-refractivity contribution is 0.565. The van der Waals surface area contributed by atoms with Crippen molar-refractivity contribution in [2.75, 3.05) is 0 Å². The Balaban J connectivity index is 3.31. The van der Waals surface area contributed by atoms with Crippen LogP contribution in [0.2, 0.25) is 0 Å². The highest BCUT2D eigenvalue weighted by Crippen LogP contribution is 2.17. The second kappa shape index (κ2) is 3.03. The molecule has 0 saturated heterocycles. The van der Waals surface area contributed by atoms with Crippen molar-refractivity contribution in [2.24, 2.45) is 4.99 Å². The first kappa shape index (κ1) is 7.57. The number of aromatic nitrogens is 2. The summed E-state index contributed by atoms with van der Waals surface area (Å²) < 4.78 is 0. The molecular formula is C7H7N3O. The number of aryl methyl sites for hydroxylation is 2. The average Bonchev–Trinajstić information content (AvgIpc) is 1.97. The van der Waals surface area contributed by atoms with Gasteiger partial charge in [-0.1, -0.05) is 0 Å². The summed E-state index contributed by atoms with van der Waals surface area (Å²) >= 11 is 0. The Morgan fingerprint density at radius 1 is 1.36 bits per heavy atom. The van der Waals surface area contributed by atoms with Gasteiger partial charge in [0.1, 0.15) is 12.0 Å². The Labute approximate surface area is 64.0 Å². The molecule has 0 unspecified atom stereocenters. The third kappa shape index (κ3) is 1.48. The molecule has 0 fully saturated rings. The van der Waals surface area contributed by atoms with Crippen LogP contribution in [0.4, 0.5) is 5.69 Å². The van der Waals surface area contributed by atoms with E-state index in [0.717, 1.165) is 0 Å². The van der Waals surface area contributed by atoms with E-state index in [1.165, 1.54) is 12.4 Å². The summed E-state index contributed by atoms with van der Waals surface area (Å²) in [4.78, 5) is 21.2. The fraction of sp³-hybridized carbons (Fsp3) is 0.286. The molecule has 1 heterocycles. The van der Waals surface area contributed by atoms with Gasteiger partial charge in [-0.2, -0.15) is 4.99 Å². The van der Waals surface area contributed by atoms with Crippen LogP contribution in [0.1, 0.15) is 11.4 Å². The highest BCUT2D eigenvalue weighted by atomic mass is 16.1. The van der Waals surface area contributed by atoms with Crippen molar-refractivity contribution in [1.29, 1.82) is 0 Å². The van der Waals surface area contributed by atoms with Gasteiger partial charge in [-0.15, -0.1) is 0 Å². The molecule has 0 bridgehead atoms. The van der Waals surface area contributed by atoms with Crippen LogP contribution < -0.4 is 0 Å². The molecule has 1 aromatic rings. The number of isocyanates is 1. The van der Waals surface area contributed by atoms with Crippen LogP contribution in [0.15, 0.2) is 11.3 Å². The highest BCUT2D eigenvalue weighted by Gasteiger charge is 2.00. The van der Waals surface area contributed by atoms with Gasteiger partial charge in [0.25, 0.3) is 0 Å². The van der Waals surface area contributed by atoms with Crippen LogP contribution in [-0.2, 0) is 4.79 Å². The fourth-order valence-corrected chi connectivity index (χ4v) is 0.794. The summed E-state index contributed by atoms with van der Waals surface area (Å²) in [5, 5.41) is 0. The molecule has 4 heteroatoms. The van der Waals surface area contributed by atoms with E-state index in [2.05, 4.69) is 15.0 Å². The molecule has 0 aliphatic heterocycles. The van der Waals surface area contributed by atoms with Crippen LogP contribution >= 0.6 is 0 Å². The first-order valence-electron chi connectivity index (χ1n) is 3.11. The highest BCUT2D eigenvalue weighted by molar-refractivity contribution is 5.53. The van der Waals surface area contributed by atoms with Crippen molar-refractivity contribution in [3.8, 4) is 0 Å². The molecule has 0 aliphatic carbocycles. The molecule has 0 aliphatic rings. The number of hydrogen-bond acceptors (Lipinski definition) is 4. The van der Waals surface area contributed by atoms with E-state index in [-0.39, 0.29) is 0 Å². The van der Waals surface area contributed by atoms with E-state index in [1.807, 2.05) is 0 Å². The Hall–Kier alpha value is -1.54. The smallest absolute Gasteiger partial charge is 0.239 e. The minimum Gasteiger partial charge on any atom is -0.239 e. The second-order valence-electron chi connectivity index (χ2n) is 2.10. The molecule has 1 rings (SSSR count). The molecule has 56 valence electrons. The van der Waals surface area contributed by atoms with Crippen LogP contribution in [0.25, 0.3) is 0 Å². The average molecular weight is 149 g/mol. The summed E-state index contributed by atoms with van der Waals surface area (Å²) in [5.41, 5.74) is 1.91. The molecular weight excluding hydrogens is 142 g/mol. The standard InChI is InChI=1S/C7H7N3O/c1-5-7(10-4-11)6(2)9-3-8-5/h3H,1-2H3. The molecule has 0 amide bonds. The molecule has 4 nitrogen and oxygen atoms in total. The molecule has 0 radical (unpaired) electrons. The van der Waals surface area contributed by atoms with Gasteiger partial charge in [0.05, 0.1) is 11.4 Å². The third-order valence-corrected chi connectivity index (χ3v) is 1.35. The van der Waals surface area contributed by atoms with Crippen LogP contribution in [-0.4, -0.2) is 16.0 Å². The van der Waals surface area contributed by atoms with Gasteiger partial charge in [-0.3, -0.25) is 0 Å². The summed E-state index contributed by atoms with van der Waals surface area (Å²) in [7, 11) is 0. The topological polar surface area (TPSA) is 55.2 Å². The minimum atomic E-state index is 0.516. The zero-order valence-electron chi connectivity index (χ0n) is 6.33. The minimum absolute atomic E-state index is 0.516. The van der Waals surface area contributed by atoms with E-state index in [1.54, 1.807) is 13.8 Å². The molecule has 11 heavy (non-hydrogen) atoms. The van der Waals surface area contributed by atoms with Crippen molar-refractivity contribution in [3.05, 3.63) is 17.7 Å². The summed E-state index contributed by atoms with van der Waals surface area (Å²) in [5.74, 6) is 0. The monoisotopic (exact) mass is 149 g/mol. The van der Waals surface area contributed by atoms with Crippen molar-refractivity contribution < 1.29 is 4.79 Å². The summed E-state index contributed by atoms with van der Waals surface area (Å²) in [6.45, 7) is 3.54. The van der Waals surface area contributed by atoms with Gasteiger partial charge < -0.3 is 0 Å². The van der Waals surface area contributed by atoms with Gasteiger partial charge in [-0.05, 0) is 13.8 Å². The van der Waals surface area contributed by atoms with Gasteiger partial charge in [0.2, 0.25) is 6.08 Å². The molecule has 0 N–H and O–H groups in total. The molecule has 0 spiro atoms. The normalized spacial score (nSPS) is 8.91. The van der Waals surface area contributed by atoms with Crippen molar-refractivity contribution in [3.63, 3.8) is 0 Å². The van der Waals surface area contributed by atoms with E-state index in [4.69, 9.17) is 0 Å². The third-order valence-electron chi connectivity index (χ3n) is 1.35. The SMILES string of the molecule is Cc1ncnc(C)c1N=C=O. The lowest BCUT2D eigenvalue weighted by Crippen LogP contribution is -1.88. The van der Waals surface area contributed by atoms with Crippen molar-refractivity contribution >= 4 is 11.8 Å². The van der Waals surface area contributed by atoms with E-state index in [0.29, 0.717) is 17.1 Å². The summed E-state index contributed by atoms with van der Waals surface area (Å²) in [6, 6.07) is 0. The molecule has 0 saturated carbocycles. The molecule has 0 atom stereocenters. The zero-order chi connectivity index (χ0) is 8.27. The van der Waals surface area contributed by atoms with Gasteiger partial charge in [-0.25, -0.2) is 14.8 Å². The predicted octanol–water partition coefficient (Wildman–Crippen LogP) is 1.06. The van der Waals surface area contributed by atoms with Gasteiger partial charge in [0, 0.05) is 0 Å². The number of nitrogens with zero attached hydrogens (tertiary/aromatic N) is 3. The maximum atomic E-state index is 9.93. The number of aliphatic imine (C=N–C) groups is 1. The quantitative estimate of drug-likeness (QED) is 0.443. The van der Waals surface area contributed by atoms with E-state index < -0.39 is 0 Å². The van der Waals surface area contributed by atoms with Crippen molar-refractivity contribution in [1.82, 2.24) is 9.97 Å². The van der Waals surface area contributed by atoms with Gasteiger partial charge in [0.15, 0.2) is 0 Å². The lowest BCUT2D eigenvalue weighted by Gasteiger charge is -1.97. The Morgan fingerprint density at radius 2 is 1.91 bits per heavy atom. The fourth-order valence-electron chi connectivity index (χ4n) is 0.794. The first-order valence-corrected chi connectivity index (χ1v) is 3.11. The largest absolute Gasteiger partial charge is 0.240 e. The second-order valence-corrected chi connectivity index (χ2v) is 2.10. The maximum absolute atomic E-state index is 9.93. The Kier molecular flexibility index (Phi) is 2.09. The lowest BCUT2D eigenvalue weighted by atomic mass is 10.3. The zero-order valence-corrected chi connectivity index (χ0v) is 6.33. The number of hydrogen-bond donors (Lipinski definition) is 0. The molecule has 0 aromatic carbocycles. The maximum Gasteiger partial charge on any atom is 0.240 e. The Morgan fingerprint density at radius 3 is 2.36 bits per heavy atom. The van der Waals surface area contributed by atoms with E-state index in [9.17, 15) is 4.79 Å². The van der Waals surface area contributed by atoms with Gasteiger partial charge >= 0.3 is 0 Å². The number of rotatable bonds is 1. The number of carbonyl (C=O) groups excluding carboxylic acids is 1. The molecule has 1 aromatic heterocycles. The van der Waals surface area contributed by atoms with Crippen LogP contribution in [0, 0.1) is 13.8 Å². The first-order chi connectivity index (χ1) is 5.25.